The van der Waals surface area contributed by atoms with Crippen molar-refractivity contribution in [3.63, 3.8) is 0 Å². The number of nitrogens with zero attached hydrogens (tertiary/aromatic N) is 4. The summed E-state index contributed by atoms with van der Waals surface area (Å²) in [7, 11) is 3.72. The fourth-order valence-electron chi connectivity index (χ4n) is 1.79. The molecule has 0 aliphatic rings. The number of nitrogens with one attached hydrogen (secondary N) is 2. The first-order chi connectivity index (χ1) is 8.28. The van der Waals surface area contributed by atoms with E-state index in [2.05, 4.69) is 25.6 Å². The summed E-state index contributed by atoms with van der Waals surface area (Å²) in [4.78, 5) is 4.28. The van der Waals surface area contributed by atoms with Crippen LogP contribution in [0.3, 0.4) is 0 Å². The first-order valence-corrected chi connectivity index (χ1v) is 5.30. The number of rotatable bonds is 2. The molecule has 6 nitrogen and oxygen atoms in total. The minimum atomic E-state index is 0.814. The molecule has 3 aromatic heterocycles. The third-order valence-corrected chi connectivity index (χ3v) is 2.66. The summed E-state index contributed by atoms with van der Waals surface area (Å²) in [6, 6.07) is 3.86. The summed E-state index contributed by atoms with van der Waals surface area (Å²) in [6.45, 7) is 0. The molecule has 0 aromatic carbocycles. The Morgan fingerprint density at radius 1 is 1.41 bits per heavy atom. The van der Waals surface area contributed by atoms with Gasteiger partial charge in [0.15, 0.2) is 0 Å². The molecule has 0 saturated carbocycles. The average molecular weight is 228 g/mol. The lowest BCUT2D eigenvalue weighted by atomic mass is 10.2. The van der Waals surface area contributed by atoms with Crippen molar-refractivity contribution >= 4 is 16.7 Å². The summed E-state index contributed by atoms with van der Waals surface area (Å²) in [5.74, 6) is 0.814. The fourth-order valence-corrected chi connectivity index (χ4v) is 1.79. The van der Waals surface area contributed by atoms with Gasteiger partial charge in [0.2, 0.25) is 0 Å². The van der Waals surface area contributed by atoms with Crippen molar-refractivity contribution in [3.05, 3.63) is 24.5 Å². The van der Waals surface area contributed by atoms with Crippen LogP contribution in [-0.4, -0.2) is 32.0 Å². The van der Waals surface area contributed by atoms with E-state index in [1.807, 2.05) is 32.4 Å². The van der Waals surface area contributed by atoms with Gasteiger partial charge in [-0.3, -0.25) is 9.78 Å². The van der Waals surface area contributed by atoms with Gasteiger partial charge in [0.25, 0.3) is 0 Å². The van der Waals surface area contributed by atoms with E-state index >= 15 is 0 Å². The number of aromatic amines is 1. The van der Waals surface area contributed by atoms with Crippen LogP contribution in [0.4, 0.5) is 5.82 Å². The number of H-pyrrole nitrogens is 1. The molecule has 0 unspecified atom stereocenters. The predicted octanol–water partition coefficient (Wildman–Crippen LogP) is 1.40. The summed E-state index contributed by atoms with van der Waals surface area (Å²) in [5.41, 5.74) is 2.62. The zero-order chi connectivity index (χ0) is 11.8. The Balaban J connectivity index is 2.18. The lowest BCUT2D eigenvalue weighted by Crippen LogP contribution is -1.91. The first-order valence-electron chi connectivity index (χ1n) is 5.30. The van der Waals surface area contributed by atoms with Crippen LogP contribution in [0.15, 0.2) is 24.5 Å². The van der Waals surface area contributed by atoms with Crippen molar-refractivity contribution in [1.82, 2.24) is 25.0 Å². The highest BCUT2D eigenvalue weighted by molar-refractivity contribution is 5.92. The molecule has 17 heavy (non-hydrogen) atoms. The van der Waals surface area contributed by atoms with Gasteiger partial charge in [0.1, 0.15) is 17.2 Å². The molecule has 0 aliphatic carbocycles. The van der Waals surface area contributed by atoms with Gasteiger partial charge in [-0.2, -0.15) is 10.2 Å². The molecule has 0 aliphatic heterocycles. The molecule has 0 saturated heterocycles. The smallest absolute Gasteiger partial charge is 0.127 e. The van der Waals surface area contributed by atoms with E-state index in [1.54, 1.807) is 10.9 Å². The van der Waals surface area contributed by atoms with E-state index in [0.29, 0.717) is 0 Å². The minimum absolute atomic E-state index is 0.814. The molecule has 0 spiro atoms. The lowest BCUT2D eigenvalue weighted by Gasteiger charge is -1.97. The third-order valence-electron chi connectivity index (χ3n) is 2.66. The Kier molecular flexibility index (Phi) is 2.07. The number of aryl methyl sites for hydroxylation is 1. The fraction of sp³-hybridized carbons (Fsp3) is 0.182. The maximum absolute atomic E-state index is 4.34. The lowest BCUT2D eigenvalue weighted by molar-refractivity contribution is 0.770. The number of aromatic nitrogens is 5. The van der Waals surface area contributed by atoms with Gasteiger partial charge < -0.3 is 5.32 Å². The normalized spacial score (nSPS) is 10.9. The molecule has 0 radical (unpaired) electrons. The second-order valence-corrected chi connectivity index (χ2v) is 3.81. The van der Waals surface area contributed by atoms with E-state index in [9.17, 15) is 0 Å². The van der Waals surface area contributed by atoms with Crippen molar-refractivity contribution in [1.29, 1.82) is 0 Å². The van der Waals surface area contributed by atoms with Gasteiger partial charge in [-0.15, -0.1) is 0 Å². The van der Waals surface area contributed by atoms with Crippen molar-refractivity contribution in [2.24, 2.45) is 7.05 Å². The zero-order valence-electron chi connectivity index (χ0n) is 9.60. The molecule has 86 valence electrons. The van der Waals surface area contributed by atoms with Crippen LogP contribution in [0.1, 0.15) is 0 Å². The first kappa shape index (κ1) is 9.83. The van der Waals surface area contributed by atoms with Crippen LogP contribution in [0.2, 0.25) is 0 Å². The number of anilines is 1. The van der Waals surface area contributed by atoms with Crippen LogP contribution in [-0.2, 0) is 7.05 Å². The van der Waals surface area contributed by atoms with Crippen LogP contribution in [0.5, 0.6) is 0 Å². The Bertz CT molecular complexity index is 665. The number of hydrogen-bond acceptors (Lipinski definition) is 4. The summed E-state index contributed by atoms with van der Waals surface area (Å²) >= 11 is 0. The Hall–Kier alpha value is -2.37. The van der Waals surface area contributed by atoms with Crippen LogP contribution in [0, 0.1) is 0 Å². The molecule has 3 aromatic rings. The molecule has 3 rings (SSSR count). The van der Waals surface area contributed by atoms with Gasteiger partial charge in [0.05, 0.1) is 5.52 Å². The highest BCUT2D eigenvalue weighted by atomic mass is 15.3. The van der Waals surface area contributed by atoms with Crippen LogP contribution < -0.4 is 5.32 Å². The molecule has 3 heterocycles. The summed E-state index contributed by atoms with van der Waals surface area (Å²) in [6.07, 6.45) is 3.69. The van der Waals surface area contributed by atoms with Gasteiger partial charge >= 0.3 is 0 Å². The van der Waals surface area contributed by atoms with Crippen molar-refractivity contribution in [3.8, 4) is 11.4 Å². The third kappa shape index (κ3) is 1.54. The Labute approximate surface area is 97.7 Å². The number of pyridine rings is 1. The SMILES string of the molecule is CNc1cc2[nH]nc(-c3ccn(C)n3)c2cn1. The standard InChI is InChI=1S/C11H12N6/c1-12-10-5-9-7(6-13-10)11(15-14-9)8-3-4-17(2)16-8/h3-6H,1-2H3,(H,12,13)(H,14,15). The second-order valence-electron chi connectivity index (χ2n) is 3.81. The maximum atomic E-state index is 4.34. The molecule has 0 atom stereocenters. The zero-order valence-corrected chi connectivity index (χ0v) is 9.60. The highest BCUT2D eigenvalue weighted by Gasteiger charge is 2.11. The monoisotopic (exact) mass is 228 g/mol. The summed E-state index contributed by atoms with van der Waals surface area (Å²) < 4.78 is 1.76. The topological polar surface area (TPSA) is 71.4 Å². The minimum Gasteiger partial charge on any atom is -0.373 e. The van der Waals surface area contributed by atoms with Crippen molar-refractivity contribution < 1.29 is 0 Å². The second kappa shape index (κ2) is 3.58. The van der Waals surface area contributed by atoms with Crippen LogP contribution >= 0.6 is 0 Å². The predicted molar refractivity (Wildman–Crippen MR) is 65.6 cm³/mol. The van der Waals surface area contributed by atoms with Gasteiger partial charge in [-0.25, -0.2) is 4.98 Å². The van der Waals surface area contributed by atoms with E-state index in [1.165, 1.54) is 0 Å². The van der Waals surface area contributed by atoms with Crippen molar-refractivity contribution in [2.45, 2.75) is 0 Å². The van der Waals surface area contributed by atoms with Crippen molar-refractivity contribution in [2.75, 3.05) is 12.4 Å². The highest BCUT2D eigenvalue weighted by Crippen LogP contribution is 2.25. The summed E-state index contributed by atoms with van der Waals surface area (Å²) in [5, 5.41) is 15.6. The molecular weight excluding hydrogens is 216 g/mol. The van der Waals surface area contributed by atoms with E-state index in [0.717, 1.165) is 28.1 Å². The van der Waals surface area contributed by atoms with Gasteiger partial charge in [-0.1, -0.05) is 0 Å². The maximum Gasteiger partial charge on any atom is 0.127 e. The van der Waals surface area contributed by atoms with Gasteiger partial charge in [0, 0.05) is 37.9 Å². The molecule has 6 heteroatoms. The van der Waals surface area contributed by atoms with E-state index < -0.39 is 0 Å². The average Bonchev–Trinajstić information content (AvgIpc) is 2.93. The molecule has 0 fully saturated rings. The molecule has 2 N–H and O–H groups in total. The Morgan fingerprint density at radius 2 is 2.29 bits per heavy atom. The van der Waals surface area contributed by atoms with Gasteiger partial charge in [-0.05, 0) is 6.07 Å². The molecule has 0 bridgehead atoms. The molecular formula is C11H12N6. The number of hydrogen-bond donors (Lipinski definition) is 2. The molecule has 0 amide bonds. The quantitative estimate of drug-likeness (QED) is 0.695. The Morgan fingerprint density at radius 3 is 3.00 bits per heavy atom. The van der Waals surface area contributed by atoms with E-state index in [4.69, 9.17) is 0 Å². The largest absolute Gasteiger partial charge is 0.373 e. The van der Waals surface area contributed by atoms with E-state index in [-0.39, 0.29) is 0 Å². The number of fused-ring (bicyclic) bond motifs is 1. The van der Waals surface area contributed by atoms with Crippen LogP contribution in [0.25, 0.3) is 22.3 Å².